The van der Waals surface area contributed by atoms with Gasteiger partial charge in [0.25, 0.3) is 0 Å². The molecule has 4 fully saturated rings. The minimum absolute atomic E-state index is 0.0693. The molecule has 1 aromatic carbocycles. The topological polar surface area (TPSA) is 29.1 Å². The standard InChI is InChI=1S/C20H26FNO/c1-13(22-19(23)9-14-2-4-18(21)5-3-14)20-10-15-6-16(11-20)8-17(7-15)12-20/h2-5,13,15-17H,6-12H2,1H3,(H,22,23). The predicted molar refractivity (Wildman–Crippen MR) is 88.3 cm³/mol. The first-order valence-corrected chi connectivity index (χ1v) is 9.06. The smallest absolute Gasteiger partial charge is 0.224 e. The third-order valence-electron chi connectivity index (χ3n) is 6.66. The van der Waals surface area contributed by atoms with Crippen LogP contribution >= 0.6 is 0 Å². The van der Waals surface area contributed by atoms with Crippen LogP contribution in [0.3, 0.4) is 0 Å². The zero-order valence-corrected chi connectivity index (χ0v) is 13.9. The minimum atomic E-state index is -0.254. The number of carbonyl (C=O) groups excluding carboxylic acids is 1. The van der Waals surface area contributed by atoms with E-state index in [4.69, 9.17) is 0 Å². The summed E-state index contributed by atoms with van der Waals surface area (Å²) >= 11 is 0. The van der Waals surface area contributed by atoms with E-state index in [1.54, 1.807) is 12.1 Å². The van der Waals surface area contributed by atoms with Crippen molar-refractivity contribution in [1.29, 1.82) is 0 Å². The normalized spacial score (nSPS) is 36.0. The molecule has 1 atom stereocenters. The van der Waals surface area contributed by atoms with Crippen molar-refractivity contribution in [3.63, 3.8) is 0 Å². The third kappa shape index (κ3) is 2.90. The van der Waals surface area contributed by atoms with Crippen molar-refractivity contribution in [2.45, 2.75) is 57.9 Å². The van der Waals surface area contributed by atoms with Gasteiger partial charge in [-0.2, -0.15) is 0 Å². The van der Waals surface area contributed by atoms with E-state index < -0.39 is 0 Å². The molecular weight excluding hydrogens is 289 g/mol. The van der Waals surface area contributed by atoms with Crippen molar-refractivity contribution >= 4 is 5.91 Å². The van der Waals surface area contributed by atoms with Gasteiger partial charge >= 0.3 is 0 Å². The third-order valence-corrected chi connectivity index (χ3v) is 6.66. The molecule has 0 spiro atoms. The number of benzene rings is 1. The van der Waals surface area contributed by atoms with Crippen molar-refractivity contribution in [2.75, 3.05) is 0 Å². The van der Waals surface area contributed by atoms with Gasteiger partial charge in [-0.15, -0.1) is 0 Å². The highest BCUT2D eigenvalue weighted by Gasteiger charge is 2.53. The average Bonchev–Trinajstić information content (AvgIpc) is 2.48. The molecule has 4 aliphatic rings. The van der Waals surface area contributed by atoms with Crippen LogP contribution in [0.2, 0.25) is 0 Å². The van der Waals surface area contributed by atoms with Gasteiger partial charge in [0.2, 0.25) is 5.91 Å². The maximum absolute atomic E-state index is 13.0. The summed E-state index contributed by atoms with van der Waals surface area (Å²) in [5, 5.41) is 3.27. The summed E-state index contributed by atoms with van der Waals surface area (Å²) in [4.78, 5) is 12.4. The summed E-state index contributed by atoms with van der Waals surface area (Å²) in [6.07, 6.45) is 8.53. The van der Waals surface area contributed by atoms with Crippen LogP contribution in [0.15, 0.2) is 24.3 Å². The van der Waals surface area contributed by atoms with Gasteiger partial charge < -0.3 is 5.32 Å². The van der Waals surface area contributed by atoms with Gasteiger partial charge in [-0.05, 0) is 86.3 Å². The van der Waals surface area contributed by atoms with Gasteiger partial charge in [-0.25, -0.2) is 4.39 Å². The fourth-order valence-corrected chi connectivity index (χ4v) is 5.94. The Bertz CT molecular complexity index is 559. The summed E-state index contributed by atoms with van der Waals surface area (Å²) in [6, 6.07) is 6.49. The van der Waals surface area contributed by atoms with Crippen molar-refractivity contribution in [2.24, 2.45) is 23.2 Å². The van der Waals surface area contributed by atoms with E-state index in [0.29, 0.717) is 11.8 Å². The number of hydrogen-bond donors (Lipinski definition) is 1. The lowest BCUT2D eigenvalue weighted by atomic mass is 9.48. The average molecular weight is 315 g/mol. The first kappa shape index (κ1) is 15.2. The first-order valence-electron chi connectivity index (χ1n) is 9.06. The van der Waals surface area contributed by atoms with Crippen molar-refractivity contribution in [3.8, 4) is 0 Å². The lowest BCUT2D eigenvalue weighted by Crippen LogP contribution is -2.56. The Hall–Kier alpha value is -1.38. The second-order valence-corrected chi connectivity index (χ2v) is 8.37. The van der Waals surface area contributed by atoms with Crippen LogP contribution in [0.5, 0.6) is 0 Å². The van der Waals surface area contributed by atoms with Gasteiger partial charge in [0.1, 0.15) is 5.82 Å². The molecule has 3 heteroatoms. The van der Waals surface area contributed by atoms with E-state index in [0.717, 1.165) is 23.3 Å². The van der Waals surface area contributed by atoms with Crippen molar-refractivity contribution in [3.05, 3.63) is 35.6 Å². The van der Waals surface area contributed by atoms with Gasteiger partial charge in [0.05, 0.1) is 6.42 Å². The van der Waals surface area contributed by atoms with Crippen LogP contribution in [0.4, 0.5) is 4.39 Å². The SMILES string of the molecule is CC(NC(=O)Cc1ccc(F)cc1)C12CC3CC(CC(C3)C1)C2. The summed E-state index contributed by atoms with van der Waals surface area (Å²) in [5.74, 6) is 2.52. The fourth-order valence-electron chi connectivity index (χ4n) is 5.94. The molecule has 4 aliphatic carbocycles. The lowest BCUT2D eigenvalue weighted by molar-refractivity contribution is -0.125. The van der Waals surface area contributed by atoms with Crippen LogP contribution in [-0.4, -0.2) is 11.9 Å². The minimum Gasteiger partial charge on any atom is -0.353 e. The highest BCUT2D eigenvalue weighted by atomic mass is 19.1. The number of halogens is 1. The molecule has 1 aromatic rings. The molecule has 2 nitrogen and oxygen atoms in total. The lowest BCUT2D eigenvalue weighted by Gasteiger charge is -2.59. The summed E-state index contributed by atoms with van der Waals surface area (Å²) in [7, 11) is 0. The van der Waals surface area contributed by atoms with Crippen LogP contribution in [-0.2, 0) is 11.2 Å². The fraction of sp³-hybridized carbons (Fsp3) is 0.650. The van der Waals surface area contributed by atoms with Gasteiger partial charge in [-0.3, -0.25) is 4.79 Å². The molecule has 5 rings (SSSR count). The van der Waals surface area contributed by atoms with Crippen LogP contribution < -0.4 is 5.32 Å². The first-order chi connectivity index (χ1) is 11.0. The maximum Gasteiger partial charge on any atom is 0.224 e. The number of nitrogens with one attached hydrogen (secondary N) is 1. The molecule has 0 aliphatic heterocycles. The molecule has 0 radical (unpaired) electrons. The zero-order valence-electron chi connectivity index (χ0n) is 13.9. The molecule has 0 aromatic heterocycles. The Labute approximate surface area is 137 Å². The van der Waals surface area contributed by atoms with Crippen molar-refractivity contribution < 1.29 is 9.18 Å². The highest BCUT2D eigenvalue weighted by molar-refractivity contribution is 5.78. The second-order valence-electron chi connectivity index (χ2n) is 8.37. The Morgan fingerprint density at radius 2 is 1.65 bits per heavy atom. The van der Waals surface area contributed by atoms with E-state index in [2.05, 4.69) is 12.2 Å². The Kier molecular flexibility index (Phi) is 3.70. The predicted octanol–water partition coefficient (Wildman–Crippen LogP) is 4.09. The Balaban J connectivity index is 1.40. The molecular formula is C20H26FNO. The zero-order chi connectivity index (χ0) is 16.0. The van der Waals surface area contributed by atoms with E-state index in [9.17, 15) is 9.18 Å². The molecule has 4 saturated carbocycles. The van der Waals surface area contributed by atoms with Gasteiger partial charge in [0.15, 0.2) is 0 Å². The summed E-state index contributed by atoms with van der Waals surface area (Å²) < 4.78 is 13.0. The highest BCUT2D eigenvalue weighted by Crippen LogP contribution is 2.61. The molecule has 0 saturated heterocycles. The number of carbonyl (C=O) groups is 1. The van der Waals surface area contributed by atoms with Crippen LogP contribution in [0, 0.1) is 29.0 Å². The second kappa shape index (κ2) is 5.61. The molecule has 4 bridgehead atoms. The molecule has 1 unspecified atom stereocenters. The summed E-state index contributed by atoms with van der Waals surface area (Å²) in [5.41, 5.74) is 1.22. The molecule has 23 heavy (non-hydrogen) atoms. The van der Waals surface area contributed by atoms with Crippen molar-refractivity contribution in [1.82, 2.24) is 5.32 Å². The molecule has 1 N–H and O–H groups in total. The van der Waals surface area contributed by atoms with E-state index in [1.807, 2.05) is 0 Å². The van der Waals surface area contributed by atoms with E-state index in [-0.39, 0.29) is 17.8 Å². The number of rotatable bonds is 4. The monoisotopic (exact) mass is 315 g/mol. The maximum atomic E-state index is 13.0. The van der Waals surface area contributed by atoms with Gasteiger partial charge in [0, 0.05) is 6.04 Å². The number of amides is 1. The van der Waals surface area contributed by atoms with E-state index in [1.165, 1.54) is 50.7 Å². The van der Waals surface area contributed by atoms with Crippen LogP contribution in [0.1, 0.15) is 51.0 Å². The largest absolute Gasteiger partial charge is 0.353 e. The molecule has 0 heterocycles. The number of hydrogen-bond acceptors (Lipinski definition) is 1. The van der Waals surface area contributed by atoms with Crippen LogP contribution in [0.25, 0.3) is 0 Å². The Morgan fingerprint density at radius 1 is 1.13 bits per heavy atom. The quantitative estimate of drug-likeness (QED) is 0.891. The molecule has 124 valence electrons. The van der Waals surface area contributed by atoms with Gasteiger partial charge in [-0.1, -0.05) is 12.1 Å². The van der Waals surface area contributed by atoms with E-state index >= 15 is 0 Å². The Morgan fingerprint density at radius 3 is 2.17 bits per heavy atom. The summed E-state index contributed by atoms with van der Waals surface area (Å²) in [6.45, 7) is 2.20. The molecule has 1 amide bonds.